The van der Waals surface area contributed by atoms with Crippen molar-refractivity contribution in [1.29, 1.82) is 0 Å². The minimum Gasteiger partial charge on any atom is -0.497 e. The van der Waals surface area contributed by atoms with Crippen molar-refractivity contribution in [2.75, 3.05) is 14.2 Å². The van der Waals surface area contributed by atoms with Gasteiger partial charge in [-0.25, -0.2) is 4.79 Å². The summed E-state index contributed by atoms with van der Waals surface area (Å²) in [5.41, 5.74) is 0.516. The highest BCUT2D eigenvalue weighted by Gasteiger charge is 2.05. The smallest absolute Gasteiger partial charge is 0.330 e. The van der Waals surface area contributed by atoms with Gasteiger partial charge < -0.3 is 9.47 Å². The third-order valence-corrected chi connectivity index (χ3v) is 2.90. The summed E-state index contributed by atoms with van der Waals surface area (Å²) in [6, 6.07) is 10.9. The van der Waals surface area contributed by atoms with Gasteiger partial charge in [0.05, 0.1) is 14.2 Å². The highest BCUT2D eigenvalue weighted by molar-refractivity contribution is 6.08. The van der Waals surface area contributed by atoms with E-state index in [1.54, 1.807) is 19.2 Å². The molecule has 0 aliphatic rings. The van der Waals surface area contributed by atoms with Gasteiger partial charge in [0, 0.05) is 11.6 Å². The van der Waals surface area contributed by atoms with E-state index in [0.29, 0.717) is 5.56 Å². The van der Waals surface area contributed by atoms with Crippen LogP contribution in [0.3, 0.4) is 0 Å². The first-order valence-electron chi connectivity index (χ1n) is 6.02. The summed E-state index contributed by atoms with van der Waals surface area (Å²) in [7, 11) is 2.87. The van der Waals surface area contributed by atoms with Gasteiger partial charge in [-0.1, -0.05) is 18.2 Å². The zero-order valence-corrected chi connectivity index (χ0v) is 11.3. The Morgan fingerprint density at radius 1 is 0.950 bits per heavy atom. The Labute approximate surface area is 116 Å². The topological polar surface area (TPSA) is 52.6 Å². The maximum absolute atomic E-state index is 11.9. The van der Waals surface area contributed by atoms with Crippen LogP contribution in [-0.4, -0.2) is 26.0 Å². The summed E-state index contributed by atoms with van der Waals surface area (Å²) in [5, 5.41) is 1.92. The van der Waals surface area contributed by atoms with Crippen LogP contribution in [0.15, 0.2) is 48.6 Å². The number of carbonyl (C=O) groups is 2. The SMILES string of the molecule is COC(=O)/C=C/C(=O)c1ccc2cc(OC)ccc2c1. The number of rotatable bonds is 4. The largest absolute Gasteiger partial charge is 0.497 e. The molecular weight excluding hydrogens is 256 g/mol. The lowest BCUT2D eigenvalue weighted by Gasteiger charge is -2.04. The molecule has 0 heterocycles. The Kier molecular flexibility index (Phi) is 4.15. The second-order valence-electron chi connectivity index (χ2n) is 4.15. The van der Waals surface area contributed by atoms with Crippen molar-refractivity contribution in [2.24, 2.45) is 0 Å². The van der Waals surface area contributed by atoms with Crippen LogP contribution in [0.5, 0.6) is 5.75 Å². The zero-order chi connectivity index (χ0) is 14.5. The van der Waals surface area contributed by atoms with Gasteiger partial charge in [0.1, 0.15) is 5.75 Å². The van der Waals surface area contributed by atoms with Crippen LogP contribution in [-0.2, 0) is 9.53 Å². The van der Waals surface area contributed by atoms with Crippen LogP contribution in [0.1, 0.15) is 10.4 Å². The fraction of sp³-hybridized carbons (Fsp3) is 0.125. The van der Waals surface area contributed by atoms with Crippen LogP contribution in [0, 0.1) is 0 Å². The normalized spacial score (nSPS) is 10.7. The molecule has 2 aromatic carbocycles. The molecule has 2 rings (SSSR count). The van der Waals surface area contributed by atoms with E-state index in [0.717, 1.165) is 22.6 Å². The Hall–Kier alpha value is -2.62. The second kappa shape index (κ2) is 6.02. The zero-order valence-electron chi connectivity index (χ0n) is 11.3. The molecule has 0 unspecified atom stereocenters. The molecule has 0 radical (unpaired) electrons. The summed E-state index contributed by atoms with van der Waals surface area (Å²) in [4.78, 5) is 22.9. The molecule has 0 aliphatic heterocycles. The summed E-state index contributed by atoms with van der Waals surface area (Å²) < 4.78 is 9.59. The lowest BCUT2D eigenvalue weighted by atomic mass is 10.0. The van der Waals surface area contributed by atoms with Gasteiger partial charge in [-0.2, -0.15) is 0 Å². The predicted molar refractivity (Wildman–Crippen MR) is 76.0 cm³/mol. The molecule has 20 heavy (non-hydrogen) atoms. The fourth-order valence-electron chi connectivity index (χ4n) is 1.81. The summed E-state index contributed by atoms with van der Waals surface area (Å²) in [6.07, 6.45) is 2.32. The third kappa shape index (κ3) is 3.03. The average molecular weight is 270 g/mol. The monoisotopic (exact) mass is 270 g/mol. The molecule has 2 aromatic rings. The van der Waals surface area contributed by atoms with Gasteiger partial charge in [-0.15, -0.1) is 0 Å². The molecule has 0 N–H and O–H groups in total. The summed E-state index contributed by atoms with van der Waals surface area (Å²) in [6.45, 7) is 0. The van der Waals surface area contributed by atoms with E-state index < -0.39 is 5.97 Å². The van der Waals surface area contributed by atoms with Crippen LogP contribution < -0.4 is 4.74 Å². The Balaban J connectivity index is 2.30. The quantitative estimate of drug-likeness (QED) is 0.487. The average Bonchev–Trinajstić information content (AvgIpc) is 2.50. The molecular formula is C16H14O4. The number of esters is 1. The van der Waals surface area contributed by atoms with Crippen LogP contribution in [0.2, 0.25) is 0 Å². The standard InChI is InChI=1S/C16H14O4/c1-19-14-6-5-11-9-13(4-3-12(11)10-14)15(17)7-8-16(18)20-2/h3-10H,1-2H3/b8-7+. The molecule has 0 fully saturated rings. The Morgan fingerprint density at radius 3 is 2.35 bits per heavy atom. The highest BCUT2D eigenvalue weighted by atomic mass is 16.5. The van der Waals surface area contributed by atoms with E-state index in [4.69, 9.17) is 4.74 Å². The van der Waals surface area contributed by atoms with Crippen molar-refractivity contribution in [3.05, 3.63) is 54.1 Å². The molecule has 4 nitrogen and oxygen atoms in total. The van der Waals surface area contributed by atoms with E-state index >= 15 is 0 Å². The van der Waals surface area contributed by atoms with E-state index in [-0.39, 0.29) is 5.78 Å². The van der Waals surface area contributed by atoms with Crippen molar-refractivity contribution in [2.45, 2.75) is 0 Å². The molecule has 0 atom stereocenters. The van der Waals surface area contributed by atoms with Crippen molar-refractivity contribution < 1.29 is 19.1 Å². The first-order valence-corrected chi connectivity index (χ1v) is 6.02. The predicted octanol–water partition coefficient (Wildman–Crippen LogP) is 2.76. The number of hydrogen-bond acceptors (Lipinski definition) is 4. The van der Waals surface area contributed by atoms with E-state index in [9.17, 15) is 9.59 Å². The van der Waals surface area contributed by atoms with E-state index in [1.807, 2.05) is 24.3 Å². The number of ketones is 1. The molecule has 4 heteroatoms. The molecule has 0 spiro atoms. The molecule has 0 aromatic heterocycles. The molecule has 0 bridgehead atoms. The van der Waals surface area contributed by atoms with E-state index in [2.05, 4.69) is 4.74 Å². The lowest BCUT2D eigenvalue weighted by molar-refractivity contribution is -0.134. The van der Waals surface area contributed by atoms with Gasteiger partial charge in [0.15, 0.2) is 5.78 Å². The lowest BCUT2D eigenvalue weighted by Crippen LogP contribution is -1.98. The number of fused-ring (bicyclic) bond motifs is 1. The van der Waals surface area contributed by atoms with Crippen LogP contribution >= 0.6 is 0 Å². The van der Waals surface area contributed by atoms with Gasteiger partial charge in [0.25, 0.3) is 0 Å². The number of carbonyl (C=O) groups excluding carboxylic acids is 2. The van der Waals surface area contributed by atoms with Crippen molar-refractivity contribution >= 4 is 22.5 Å². The van der Waals surface area contributed by atoms with Crippen molar-refractivity contribution in [1.82, 2.24) is 0 Å². The van der Waals surface area contributed by atoms with E-state index in [1.165, 1.54) is 13.2 Å². The molecule has 0 amide bonds. The van der Waals surface area contributed by atoms with Gasteiger partial charge in [0.2, 0.25) is 0 Å². The minimum absolute atomic E-state index is 0.242. The molecule has 102 valence electrons. The number of hydrogen-bond donors (Lipinski definition) is 0. The minimum atomic E-state index is -0.552. The Bertz CT molecular complexity index is 686. The summed E-state index contributed by atoms with van der Waals surface area (Å²) in [5.74, 6) is -0.0286. The number of ether oxygens (including phenoxy) is 2. The van der Waals surface area contributed by atoms with Crippen LogP contribution in [0.4, 0.5) is 0 Å². The maximum Gasteiger partial charge on any atom is 0.330 e. The van der Waals surface area contributed by atoms with Gasteiger partial charge in [-0.3, -0.25) is 4.79 Å². The molecule has 0 saturated carbocycles. The number of benzene rings is 2. The first-order chi connectivity index (χ1) is 9.63. The van der Waals surface area contributed by atoms with Crippen molar-refractivity contribution in [3.63, 3.8) is 0 Å². The first kappa shape index (κ1) is 13.8. The molecule has 0 saturated heterocycles. The van der Waals surface area contributed by atoms with Gasteiger partial charge >= 0.3 is 5.97 Å². The highest BCUT2D eigenvalue weighted by Crippen LogP contribution is 2.22. The number of allylic oxidation sites excluding steroid dienone is 1. The second-order valence-corrected chi connectivity index (χ2v) is 4.15. The maximum atomic E-state index is 11.9. The Morgan fingerprint density at radius 2 is 1.65 bits per heavy atom. The van der Waals surface area contributed by atoms with Crippen LogP contribution in [0.25, 0.3) is 10.8 Å². The summed E-state index contributed by atoms with van der Waals surface area (Å²) >= 11 is 0. The molecule has 0 aliphatic carbocycles. The van der Waals surface area contributed by atoms with Crippen molar-refractivity contribution in [3.8, 4) is 5.75 Å². The third-order valence-electron chi connectivity index (χ3n) is 2.90. The van der Waals surface area contributed by atoms with Gasteiger partial charge in [-0.05, 0) is 35.0 Å². The number of methoxy groups -OCH3 is 2. The fourth-order valence-corrected chi connectivity index (χ4v) is 1.81.